The number of H-pyrrole nitrogens is 1. The molecule has 2 amide bonds. The zero-order valence-corrected chi connectivity index (χ0v) is 18.9. The molecule has 2 fully saturated rings. The van der Waals surface area contributed by atoms with Crippen LogP contribution in [0.5, 0.6) is 0 Å². The number of aromatic amines is 1. The number of carbonyl (C=O) groups excluding carboxylic acids is 1. The van der Waals surface area contributed by atoms with Gasteiger partial charge in [0.05, 0.1) is 11.6 Å². The fraction of sp³-hybridized carbons (Fsp3) is 0.385. The molecule has 7 nitrogen and oxygen atoms in total. The molecular formula is C26H30N6O. The number of benzene rings is 2. The number of piperazine rings is 1. The van der Waals surface area contributed by atoms with Gasteiger partial charge in [0, 0.05) is 67.7 Å². The molecule has 0 bridgehead atoms. The van der Waals surface area contributed by atoms with Gasteiger partial charge in [0.2, 0.25) is 0 Å². The molecule has 33 heavy (non-hydrogen) atoms. The maximum absolute atomic E-state index is 12.1. The number of amides is 2. The first-order chi connectivity index (χ1) is 16.2. The van der Waals surface area contributed by atoms with Crippen LogP contribution in [0, 0.1) is 11.3 Å². The Morgan fingerprint density at radius 2 is 1.76 bits per heavy atom. The second kappa shape index (κ2) is 9.55. The summed E-state index contributed by atoms with van der Waals surface area (Å²) in [5.74, 6) is 0. The molecule has 170 valence electrons. The Bertz CT molecular complexity index is 1150. The van der Waals surface area contributed by atoms with Crippen LogP contribution in [-0.4, -0.2) is 61.7 Å². The highest BCUT2D eigenvalue weighted by Gasteiger charge is 2.20. The number of nitriles is 1. The molecular weight excluding hydrogens is 412 g/mol. The van der Waals surface area contributed by atoms with E-state index in [1.165, 1.54) is 16.6 Å². The topological polar surface area (TPSA) is 78.4 Å². The van der Waals surface area contributed by atoms with Gasteiger partial charge in [0.1, 0.15) is 0 Å². The number of fused-ring (bicyclic) bond motifs is 1. The van der Waals surface area contributed by atoms with E-state index in [0.29, 0.717) is 5.56 Å². The lowest BCUT2D eigenvalue weighted by atomic mass is 10.1. The van der Waals surface area contributed by atoms with Crippen molar-refractivity contribution in [3.8, 4) is 6.07 Å². The van der Waals surface area contributed by atoms with Crippen LogP contribution in [0.2, 0.25) is 0 Å². The van der Waals surface area contributed by atoms with Crippen molar-refractivity contribution in [2.45, 2.75) is 19.3 Å². The first kappa shape index (κ1) is 21.4. The van der Waals surface area contributed by atoms with Crippen molar-refractivity contribution < 1.29 is 4.79 Å². The number of rotatable bonds is 6. The third kappa shape index (κ3) is 4.67. The maximum atomic E-state index is 12.1. The van der Waals surface area contributed by atoms with Gasteiger partial charge < -0.3 is 15.2 Å². The van der Waals surface area contributed by atoms with E-state index in [1.54, 1.807) is 0 Å². The monoisotopic (exact) mass is 442 g/mol. The van der Waals surface area contributed by atoms with Crippen molar-refractivity contribution in [3.63, 3.8) is 0 Å². The van der Waals surface area contributed by atoms with E-state index in [9.17, 15) is 10.1 Å². The van der Waals surface area contributed by atoms with E-state index >= 15 is 0 Å². The van der Waals surface area contributed by atoms with E-state index in [2.05, 4.69) is 56.6 Å². The minimum Gasteiger partial charge on any atom is -0.369 e. The fourth-order valence-electron chi connectivity index (χ4n) is 4.90. The van der Waals surface area contributed by atoms with Crippen molar-refractivity contribution in [3.05, 3.63) is 59.8 Å². The zero-order chi connectivity index (χ0) is 22.6. The Balaban J connectivity index is 1.10. The second-order valence-corrected chi connectivity index (χ2v) is 8.87. The third-order valence-electron chi connectivity index (χ3n) is 6.80. The number of urea groups is 1. The highest BCUT2D eigenvalue weighted by molar-refractivity contribution is 5.92. The standard InChI is InChI=1S/C26H30N6O/c27-18-20-4-9-25-24(17-20)21(19-29-25)3-1-11-30-13-15-31(16-14-30)22-5-7-23(8-6-22)32-12-2-10-28-26(32)33/h4-9,17,19,29H,1-3,10-16H2,(H,28,33). The molecule has 0 aliphatic carbocycles. The minimum atomic E-state index is 0.000699. The molecule has 0 unspecified atom stereocenters. The Morgan fingerprint density at radius 1 is 0.970 bits per heavy atom. The summed E-state index contributed by atoms with van der Waals surface area (Å²) in [5.41, 5.74) is 5.30. The van der Waals surface area contributed by atoms with E-state index in [0.717, 1.165) is 76.3 Å². The number of aryl methyl sites for hydroxylation is 1. The smallest absolute Gasteiger partial charge is 0.321 e. The lowest BCUT2D eigenvalue weighted by molar-refractivity contribution is 0.243. The van der Waals surface area contributed by atoms with E-state index in [-0.39, 0.29) is 6.03 Å². The predicted molar refractivity (Wildman–Crippen MR) is 132 cm³/mol. The van der Waals surface area contributed by atoms with Crippen LogP contribution in [0.4, 0.5) is 16.2 Å². The largest absolute Gasteiger partial charge is 0.369 e. The van der Waals surface area contributed by atoms with Crippen LogP contribution in [0.1, 0.15) is 24.0 Å². The van der Waals surface area contributed by atoms with Gasteiger partial charge in [-0.3, -0.25) is 9.80 Å². The number of nitrogens with zero attached hydrogens (tertiary/aromatic N) is 4. The summed E-state index contributed by atoms with van der Waals surface area (Å²) in [6.07, 6.45) is 5.19. The van der Waals surface area contributed by atoms with Crippen LogP contribution in [-0.2, 0) is 6.42 Å². The predicted octanol–water partition coefficient (Wildman–Crippen LogP) is 3.71. The van der Waals surface area contributed by atoms with Gasteiger partial charge >= 0.3 is 6.03 Å². The average Bonchev–Trinajstić information content (AvgIpc) is 3.27. The molecule has 2 saturated heterocycles. The number of carbonyl (C=O) groups is 1. The second-order valence-electron chi connectivity index (χ2n) is 8.87. The normalized spacial score (nSPS) is 17.2. The van der Waals surface area contributed by atoms with Gasteiger partial charge in [-0.15, -0.1) is 0 Å². The van der Waals surface area contributed by atoms with Gasteiger partial charge in [0.25, 0.3) is 0 Å². The maximum Gasteiger partial charge on any atom is 0.321 e. The van der Waals surface area contributed by atoms with Gasteiger partial charge in [0.15, 0.2) is 0 Å². The Labute approximate surface area is 194 Å². The summed E-state index contributed by atoms with van der Waals surface area (Å²) >= 11 is 0. The zero-order valence-electron chi connectivity index (χ0n) is 18.9. The number of aromatic nitrogens is 1. The summed E-state index contributed by atoms with van der Waals surface area (Å²) in [6, 6.07) is 16.5. The van der Waals surface area contributed by atoms with Crippen molar-refractivity contribution >= 4 is 28.3 Å². The van der Waals surface area contributed by atoms with Crippen LogP contribution < -0.4 is 15.1 Å². The summed E-state index contributed by atoms with van der Waals surface area (Å²) in [4.78, 5) is 22.2. The molecule has 0 radical (unpaired) electrons. The van der Waals surface area contributed by atoms with Gasteiger partial charge in [-0.1, -0.05) is 0 Å². The molecule has 3 aromatic rings. The van der Waals surface area contributed by atoms with Gasteiger partial charge in [-0.25, -0.2) is 4.79 Å². The molecule has 2 aliphatic rings. The van der Waals surface area contributed by atoms with Crippen LogP contribution in [0.25, 0.3) is 10.9 Å². The Kier molecular flexibility index (Phi) is 6.18. The first-order valence-electron chi connectivity index (χ1n) is 11.8. The molecule has 2 aromatic carbocycles. The molecule has 5 rings (SSSR count). The summed E-state index contributed by atoms with van der Waals surface area (Å²) in [7, 11) is 0. The minimum absolute atomic E-state index is 0.000699. The highest BCUT2D eigenvalue weighted by atomic mass is 16.2. The molecule has 3 heterocycles. The first-order valence-corrected chi connectivity index (χ1v) is 11.8. The fourth-order valence-corrected chi connectivity index (χ4v) is 4.90. The van der Waals surface area contributed by atoms with Crippen LogP contribution >= 0.6 is 0 Å². The summed E-state index contributed by atoms with van der Waals surface area (Å²) < 4.78 is 0. The third-order valence-corrected chi connectivity index (χ3v) is 6.80. The molecule has 2 aliphatic heterocycles. The van der Waals surface area contributed by atoms with Crippen molar-refractivity contribution in [1.29, 1.82) is 5.26 Å². The quantitative estimate of drug-likeness (QED) is 0.610. The summed E-state index contributed by atoms with van der Waals surface area (Å²) in [5, 5.41) is 13.3. The molecule has 2 N–H and O–H groups in total. The molecule has 7 heteroatoms. The van der Waals surface area contributed by atoms with Gasteiger partial charge in [-0.2, -0.15) is 5.26 Å². The molecule has 0 atom stereocenters. The van der Waals surface area contributed by atoms with E-state index in [1.807, 2.05) is 23.1 Å². The number of anilines is 2. The lowest BCUT2D eigenvalue weighted by Crippen LogP contribution is -2.47. The molecule has 0 saturated carbocycles. The van der Waals surface area contributed by atoms with Crippen molar-refractivity contribution in [2.24, 2.45) is 0 Å². The van der Waals surface area contributed by atoms with Crippen molar-refractivity contribution in [2.75, 3.05) is 55.6 Å². The lowest BCUT2D eigenvalue weighted by Gasteiger charge is -2.36. The van der Waals surface area contributed by atoms with E-state index < -0.39 is 0 Å². The molecule has 0 spiro atoms. The molecule has 1 aromatic heterocycles. The SMILES string of the molecule is N#Cc1ccc2[nH]cc(CCCN3CCN(c4ccc(N5CCCNC5=O)cc4)CC3)c2c1. The Morgan fingerprint density at radius 3 is 2.52 bits per heavy atom. The van der Waals surface area contributed by atoms with Crippen LogP contribution in [0.3, 0.4) is 0 Å². The summed E-state index contributed by atoms with van der Waals surface area (Å²) in [6.45, 7) is 6.78. The Hall–Kier alpha value is -3.50. The van der Waals surface area contributed by atoms with Crippen LogP contribution in [0.15, 0.2) is 48.7 Å². The number of hydrogen-bond acceptors (Lipinski definition) is 4. The number of nitrogens with one attached hydrogen (secondary N) is 2. The van der Waals surface area contributed by atoms with Gasteiger partial charge in [-0.05, 0) is 73.8 Å². The number of hydrogen-bond donors (Lipinski definition) is 2. The van der Waals surface area contributed by atoms with E-state index in [4.69, 9.17) is 0 Å². The highest BCUT2D eigenvalue weighted by Crippen LogP contribution is 2.24. The van der Waals surface area contributed by atoms with Crippen molar-refractivity contribution in [1.82, 2.24) is 15.2 Å². The average molecular weight is 443 g/mol.